The Morgan fingerprint density at radius 2 is 1.89 bits per heavy atom. The first kappa shape index (κ1) is 15.0. The second-order valence-corrected chi connectivity index (χ2v) is 5.00. The number of ether oxygens (including phenoxy) is 2. The fourth-order valence-electron chi connectivity index (χ4n) is 1.58. The van der Waals surface area contributed by atoms with Crippen LogP contribution in [0.1, 0.15) is 42.1 Å². The van der Waals surface area contributed by atoms with Crippen molar-refractivity contribution in [1.29, 1.82) is 0 Å². The van der Waals surface area contributed by atoms with Gasteiger partial charge in [-0.05, 0) is 24.4 Å². The van der Waals surface area contributed by atoms with Gasteiger partial charge in [0.2, 0.25) is 0 Å². The summed E-state index contributed by atoms with van der Waals surface area (Å²) in [6.07, 6.45) is -0.475. The van der Waals surface area contributed by atoms with Gasteiger partial charge in [-0.1, -0.05) is 18.3 Å². The first-order valence-electron chi connectivity index (χ1n) is 5.70. The third-order valence-corrected chi connectivity index (χ3v) is 3.24. The third kappa shape index (κ3) is 3.47. The molecule has 6 nitrogen and oxygen atoms in total. The number of methoxy groups -OCH3 is 2. The fraction of sp³-hybridized carbons (Fsp3) is 0.727. The Hall–Kier alpha value is -1.05. The van der Waals surface area contributed by atoms with E-state index in [1.54, 1.807) is 0 Å². The van der Waals surface area contributed by atoms with Crippen LogP contribution in [0.25, 0.3) is 0 Å². The van der Waals surface area contributed by atoms with Crippen LogP contribution in [-0.2, 0) is 9.47 Å². The molecule has 1 aromatic rings. The zero-order valence-electron chi connectivity index (χ0n) is 11.3. The van der Waals surface area contributed by atoms with Crippen LogP contribution in [0.3, 0.4) is 0 Å². The Bertz CT molecular complexity index is 391. The summed E-state index contributed by atoms with van der Waals surface area (Å²) in [4.78, 5) is 12.6. The molecule has 1 aromatic heterocycles. The monoisotopic (exact) mass is 273 g/mol. The lowest BCUT2D eigenvalue weighted by Crippen LogP contribution is -2.43. The van der Waals surface area contributed by atoms with Crippen molar-refractivity contribution < 1.29 is 14.3 Å². The van der Waals surface area contributed by atoms with Crippen molar-refractivity contribution in [3.05, 3.63) is 10.6 Å². The highest BCUT2D eigenvalue weighted by Gasteiger charge is 2.23. The molecule has 0 aromatic carbocycles. The largest absolute Gasteiger partial charge is 0.354 e. The van der Waals surface area contributed by atoms with Crippen LogP contribution in [0.15, 0.2) is 0 Å². The zero-order valence-corrected chi connectivity index (χ0v) is 12.1. The number of amides is 1. The summed E-state index contributed by atoms with van der Waals surface area (Å²) in [6, 6.07) is -0.255. The first-order valence-corrected chi connectivity index (χ1v) is 6.47. The average Bonchev–Trinajstić information content (AvgIpc) is 2.79. The lowest BCUT2D eigenvalue weighted by atomic mass is 10.1. The fourth-order valence-corrected chi connectivity index (χ4v) is 2.30. The molecule has 0 aliphatic carbocycles. The van der Waals surface area contributed by atoms with Gasteiger partial charge in [0.25, 0.3) is 5.91 Å². The number of carbonyl (C=O) groups is 1. The highest BCUT2D eigenvalue weighted by molar-refractivity contribution is 7.08. The number of nitrogens with zero attached hydrogens (tertiary/aromatic N) is 2. The highest BCUT2D eigenvalue weighted by atomic mass is 32.1. The predicted molar refractivity (Wildman–Crippen MR) is 68.7 cm³/mol. The van der Waals surface area contributed by atoms with Crippen molar-refractivity contribution in [2.75, 3.05) is 14.2 Å². The maximum atomic E-state index is 12.1. The molecule has 0 saturated carbocycles. The molecule has 0 bridgehead atoms. The van der Waals surface area contributed by atoms with Gasteiger partial charge < -0.3 is 14.8 Å². The van der Waals surface area contributed by atoms with E-state index in [1.807, 2.05) is 20.8 Å². The summed E-state index contributed by atoms with van der Waals surface area (Å²) in [5.74, 6) is -0.0271. The van der Waals surface area contributed by atoms with Crippen molar-refractivity contribution in [2.24, 2.45) is 0 Å². The normalized spacial score (nSPS) is 13.1. The molecule has 0 aliphatic heterocycles. The van der Waals surface area contributed by atoms with Crippen LogP contribution in [0.2, 0.25) is 0 Å². The number of rotatable bonds is 6. The Morgan fingerprint density at radius 3 is 2.39 bits per heavy atom. The van der Waals surface area contributed by atoms with Crippen molar-refractivity contribution >= 4 is 17.4 Å². The number of nitrogens with one attached hydrogen (secondary N) is 1. The van der Waals surface area contributed by atoms with Crippen LogP contribution in [-0.4, -0.2) is 42.0 Å². The standard InChI is InChI=1S/C11H19N3O3S/c1-6(2)8-9(18-14-13-8)10(15)12-7(3)11(16-4)17-5/h6-7,11H,1-5H3,(H,12,15). The lowest BCUT2D eigenvalue weighted by molar-refractivity contribution is -0.117. The minimum absolute atomic E-state index is 0.167. The zero-order chi connectivity index (χ0) is 13.7. The van der Waals surface area contributed by atoms with Crippen LogP contribution in [0.5, 0.6) is 0 Å². The molecular formula is C11H19N3O3S. The molecule has 0 fully saturated rings. The quantitative estimate of drug-likeness (QED) is 0.793. The smallest absolute Gasteiger partial charge is 0.265 e. The van der Waals surface area contributed by atoms with E-state index in [1.165, 1.54) is 14.2 Å². The van der Waals surface area contributed by atoms with Gasteiger partial charge in [0.05, 0.1) is 11.7 Å². The summed E-state index contributed by atoms with van der Waals surface area (Å²) in [6.45, 7) is 5.77. The molecule has 1 atom stereocenters. The van der Waals surface area contributed by atoms with Crippen molar-refractivity contribution in [3.8, 4) is 0 Å². The van der Waals surface area contributed by atoms with Crippen LogP contribution in [0.4, 0.5) is 0 Å². The molecule has 7 heteroatoms. The SMILES string of the molecule is COC(OC)C(C)NC(=O)c1snnc1C(C)C. The van der Waals surface area contributed by atoms with E-state index in [-0.39, 0.29) is 17.9 Å². The molecule has 1 unspecified atom stereocenters. The molecule has 0 saturated heterocycles. The summed E-state index contributed by atoms with van der Waals surface area (Å²) in [7, 11) is 3.06. The Balaban J connectivity index is 2.73. The van der Waals surface area contributed by atoms with Gasteiger partial charge in [0.15, 0.2) is 6.29 Å². The number of aromatic nitrogens is 2. The molecule has 18 heavy (non-hydrogen) atoms. The summed E-state index contributed by atoms with van der Waals surface area (Å²) in [5.41, 5.74) is 0.719. The van der Waals surface area contributed by atoms with Crippen molar-refractivity contribution in [2.45, 2.75) is 39.0 Å². The van der Waals surface area contributed by atoms with Gasteiger partial charge in [-0.3, -0.25) is 4.79 Å². The molecule has 1 rings (SSSR count). The van der Waals surface area contributed by atoms with Gasteiger partial charge >= 0.3 is 0 Å². The van der Waals surface area contributed by atoms with Gasteiger partial charge in [-0.25, -0.2) is 0 Å². The second kappa shape index (κ2) is 6.77. The van der Waals surface area contributed by atoms with Gasteiger partial charge in [-0.2, -0.15) is 0 Å². The minimum Gasteiger partial charge on any atom is -0.354 e. The molecule has 102 valence electrons. The van der Waals surface area contributed by atoms with Gasteiger partial charge in [0, 0.05) is 14.2 Å². The molecule has 0 radical (unpaired) electrons. The Kier molecular flexibility index (Phi) is 5.64. The summed E-state index contributed by atoms with van der Waals surface area (Å²) < 4.78 is 14.0. The summed E-state index contributed by atoms with van der Waals surface area (Å²) >= 11 is 1.10. The number of carbonyl (C=O) groups excluding carboxylic acids is 1. The van der Waals surface area contributed by atoms with Crippen LogP contribution in [0, 0.1) is 0 Å². The highest BCUT2D eigenvalue weighted by Crippen LogP contribution is 2.19. The number of hydrogen-bond donors (Lipinski definition) is 1. The number of hydrogen-bond acceptors (Lipinski definition) is 6. The van der Waals surface area contributed by atoms with E-state index >= 15 is 0 Å². The molecule has 0 aliphatic rings. The van der Waals surface area contributed by atoms with E-state index in [4.69, 9.17) is 9.47 Å². The minimum atomic E-state index is -0.475. The molecule has 1 N–H and O–H groups in total. The molecule has 1 heterocycles. The van der Waals surface area contributed by atoms with E-state index in [0.717, 1.165) is 17.2 Å². The predicted octanol–water partition coefficient (Wildman–Crippen LogP) is 1.40. The van der Waals surface area contributed by atoms with Crippen LogP contribution >= 0.6 is 11.5 Å². The lowest BCUT2D eigenvalue weighted by Gasteiger charge is -2.21. The summed E-state index contributed by atoms with van der Waals surface area (Å²) in [5, 5.41) is 6.80. The topological polar surface area (TPSA) is 73.3 Å². The van der Waals surface area contributed by atoms with E-state index in [2.05, 4.69) is 14.9 Å². The first-order chi connectivity index (χ1) is 8.51. The maximum Gasteiger partial charge on any atom is 0.265 e. The molecule has 0 spiro atoms. The molecule has 1 amide bonds. The average molecular weight is 273 g/mol. The van der Waals surface area contributed by atoms with E-state index < -0.39 is 6.29 Å². The van der Waals surface area contributed by atoms with E-state index in [0.29, 0.717) is 4.88 Å². The van der Waals surface area contributed by atoms with Gasteiger partial charge in [-0.15, -0.1) is 5.10 Å². The maximum absolute atomic E-state index is 12.1. The van der Waals surface area contributed by atoms with Gasteiger partial charge in [0.1, 0.15) is 4.88 Å². The molecular weight excluding hydrogens is 254 g/mol. The van der Waals surface area contributed by atoms with Crippen LogP contribution < -0.4 is 5.32 Å². The Morgan fingerprint density at radius 1 is 1.28 bits per heavy atom. The van der Waals surface area contributed by atoms with E-state index in [9.17, 15) is 4.79 Å². The second-order valence-electron chi connectivity index (χ2n) is 4.24. The Labute approximate surface area is 111 Å². The third-order valence-electron chi connectivity index (χ3n) is 2.50. The van der Waals surface area contributed by atoms with Crippen molar-refractivity contribution in [1.82, 2.24) is 14.9 Å². The van der Waals surface area contributed by atoms with Crippen molar-refractivity contribution in [3.63, 3.8) is 0 Å².